The van der Waals surface area contributed by atoms with E-state index in [-0.39, 0.29) is 18.5 Å². The molecule has 2 aromatic carbocycles. The summed E-state index contributed by atoms with van der Waals surface area (Å²) < 4.78 is 16.5. The molecule has 0 heterocycles. The summed E-state index contributed by atoms with van der Waals surface area (Å²) in [5.41, 5.74) is 3.08. The number of benzene rings is 2. The van der Waals surface area contributed by atoms with Crippen LogP contribution in [-0.4, -0.2) is 26.3 Å². The Morgan fingerprint density at radius 2 is 1.77 bits per heavy atom. The summed E-state index contributed by atoms with van der Waals surface area (Å²) >= 11 is 0. The molecular weight excluding hydrogens is 376 g/mol. The van der Waals surface area contributed by atoms with Gasteiger partial charge in [-0.2, -0.15) is 0 Å². The predicted octanol–water partition coefficient (Wildman–Crippen LogP) is 5.62. The molecule has 0 radical (unpaired) electrons. The summed E-state index contributed by atoms with van der Waals surface area (Å²) in [5, 5.41) is 0. The number of carbonyl (C=O) groups excluding carboxylic acids is 1. The van der Waals surface area contributed by atoms with Gasteiger partial charge in [0, 0.05) is 13.0 Å². The lowest BCUT2D eigenvalue weighted by Crippen LogP contribution is -2.14. The summed E-state index contributed by atoms with van der Waals surface area (Å²) in [4.78, 5) is 13.2. The van der Waals surface area contributed by atoms with Crippen LogP contribution in [0.5, 0.6) is 11.5 Å². The van der Waals surface area contributed by atoms with Crippen LogP contribution in [0.4, 0.5) is 0 Å². The van der Waals surface area contributed by atoms with Gasteiger partial charge in [0.1, 0.15) is 11.5 Å². The van der Waals surface area contributed by atoms with Crippen molar-refractivity contribution in [3.63, 3.8) is 0 Å². The van der Waals surface area contributed by atoms with E-state index in [2.05, 4.69) is 6.07 Å². The van der Waals surface area contributed by atoms with E-state index in [0.29, 0.717) is 6.61 Å². The van der Waals surface area contributed by atoms with Gasteiger partial charge in [-0.15, -0.1) is 0 Å². The third kappa shape index (κ3) is 5.04. The van der Waals surface area contributed by atoms with Crippen molar-refractivity contribution in [2.45, 2.75) is 51.4 Å². The Morgan fingerprint density at radius 1 is 0.967 bits per heavy atom. The fraction of sp³-hybridized carbons (Fsp3) is 0.500. The Morgan fingerprint density at radius 3 is 2.53 bits per heavy atom. The van der Waals surface area contributed by atoms with Gasteiger partial charge in [-0.05, 0) is 54.5 Å². The van der Waals surface area contributed by atoms with E-state index in [1.165, 1.54) is 32.1 Å². The van der Waals surface area contributed by atoms with Crippen LogP contribution in [0, 0.1) is 11.8 Å². The molecule has 2 aromatic rings. The molecule has 2 aliphatic carbocycles. The number of rotatable bonds is 9. The summed E-state index contributed by atoms with van der Waals surface area (Å²) in [6.07, 6.45) is 9.35. The first-order valence-electron chi connectivity index (χ1n) is 11.2. The second kappa shape index (κ2) is 10.1. The van der Waals surface area contributed by atoms with Gasteiger partial charge in [-0.3, -0.25) is 4.79 Å². The van der Waals surface area contributed by atoms with Gasteiger partial charge < -0.3 is 14.2 Å². The summed E-state index contributed by atoms with van der Waals surface area (Å²) in [6.45, 7) is 0.946. The lowest BCUT2D eigenvalue weighted by molar-refractivity contribution is 0.0511. The molecule has 0 bridgehead atoms. The first-order chi connectivity index (χ1) is 14.7. The van der Waals surface area contributed by atoms with Crippen LogP contribution in [0.25, 0.3) is 0 Å². The van der Waals surface area contributed by atoms with Crippen LogP contribution >= 0.6 is 0 Å². The third-order valence-corrected chi connectivity index (χ3v) is 6.45. The van der Waals surface area contributed by atoms with Crippen molar-refractivity contribution in [3.8, 4) is 11.5 Å². The van der Waals surface area contributed by atoms with E-state index in [9.17, 15) is 4.79 Å². The highest BCUT2D eigenvalue weighted by molar-refractivity contribution is 6.04. The monoisotopic (exact) mass is 408 g/mol. The maximum Gasteiger partial charge on any atom is 0.188 e. The molecule has 0 aromatic heterocycles. The average Bonchev–Trinajstić information content (AvgIpc) is 3.10. The minimum absolute atomic E-state index is 0.0196. The molecule has 1 fully saturated rings. The first kappa shape index (κ1) is 20.9. The highest BCUT2D eigenvalue weighted by atomic mass is 16.7. The molecule has 4 heteroatoms. The highest BCUT2D eigenvalue weighted by Crippen LogP contribution is 2.36. The minimum atomic E-state index is -0.0196. The van der Waals surface area contributed by atoms with Crippen molar-refractivity contribution in [2.75, 3.05) is 20.5 Å². The summed E-state index contributed by atoms with van der Waals surface area (Å²) in [6, 6.07) is 14.0. The van der Waals surface area contributed by atoms with Crippen LogP contribution in [0.2, 0.25) is 0 Å². The van der Waals surface area contributed by atoms with Gasteiger partial charge in [0.15, 0.2) is 12.6 Å². The summed E-state index contributed by atoms with van der Waals surface area (Å²) in [7, 11) is 1.60. The van der Waals surface area contributed by atoms with Crippen molar-refractivity contribution in [1.82, 2.24) is 0 Å². The number of Topliss-reactive ketones (excluding diaryl/α,β-unsaturated/α-hetero) is 1. The quantitative estimate of drug-likeness (QED) is 0.506. The number of hydrogen-bond acceptors (Lipinski definition) is 4. The number of methoxy groups -OCH3 is 1. The molecule has 0 amide bonds. The number of hydrogen-bond donors (Lipinski definition) is 0. The van der Waals surface area contributed by atoms with E-state index in [1.54, 1.807) is 7.11 Å². The molecule has 1 unspecified atom stereocenters. The normalized spacial score (nSPS) is 19.0. The maximum absolute atomic E-state index is 13.2. The van der Waals surface area contributed by atoms with Gasteiger partial charge in [0.25, 0.3) is 0 Å². The Kier molecular flexibility index (Phi) is 7.06. The van der Waals surface area contributed by atoms with E-state index >= 15 is 0 Å². The van der Waals surface area contributed by atoms with E-state index in [0.717, 1.165) is 53.4 Å². The number of ether oxygens (including phenoxy) is 3. The van der Waals surface area contributed by atoms with E-state index in [4.69, 9.17) is 14.2 Å². The van der Waals surface area contributed by atoms with Gasteiger partial charge in [-0.1, -0.05) is 56.4 Å². The molecule has 160 valence electrons. The minimum Gasteiger partial charge on any atom is -0.493 e. The standard InChI is InChI=1S/C26H32O4/c1-28-18-30-23-12-10-20(11-13-23)16-22-17-21-8-5-9-24(25(21)26(22)27)29-15-14-19-6-3-2-4-7-19/h5,8-13,19,22H,2-4,6-7,14-18H2,1H3. The van der Waals surface area contributed by atoms with Crippen molar-refractivity contribution >= 4 is 5.78 Å². The zero-order chi connectivity index (χ0) is 20.8. The lowest BCUT2D eigenvalue weighted by Gasteiger charge is -2.21. The van der Waals surface area contributed by atoms with Crippen molar-refractivity contribution in [1.29, 1.82) is 0 Å². The van der Waals surface area contributed by atoms with E-state index < -0.39 is 0 Å². The van der Waals surface area contributed by atoms with Crippen LogP contribution in [0.3, 0.4) is 0 Å². The molecule has 4 rings (SSSR count). The van der Waals surface area contributed by atoms with Crippen molar-refractivity contribution < 1.29 is 19.0 Å². The molecule has 2 aliphatic rings. The van der Waals surface area contributed by atoms with Crippen LogP contribution < -0.4 is 9.47 Å². The maximum atomic E-state index is 13.2. The SMILES string of the molecule is COCOc1ccc(CC2Cc3cccc(OCCC4CCCCC4)c3C2=O)cc1. The Labute approximate surface area is 179 Å². The second-order valence-electron chi connectivity index (χ2n) is 8.60. The molecular formula is C26H32O4. The smallest absolute Gasteiger partial charge is 0.188 e. The zero-order valence-electron chi connectivity index (χ0n) is 17.9. The third-order valence-electron chi connectivity index (χ3n) is 6.45. The molecule has 1 atom stereocenters. The average molecular weight is 409 g/mol. The molecule has 0 aliphatic heterocycles. The van der Waals surface area contributed by atoms with Crippen molar-refractivity contribution in [3.05, 3.63) is 59.2 Å². The van der Waals surface area contributed by atoms with Crippen molar-refractivity contribution in [2.24, 2.45) is 11.8 Å². The predicted molar refractivity (Wildman–Crippen MR) is 117 cm³/mol. The fourth-order valence-electron chi connectivity index (χ4n) is 4.82. The topological polar surface area (TPSA) is 44.8 Å². The number of ketones is 1. The van der Waals surface area contributed by atoms with Gasteiger partial charge in [0.2, 0.25) is 0 Å². The molecule has 1 saturated carbocycles. The molecule has 0 N–H and O–H groups in total. The van der Waals surface area contributed by atoms with Gasteiger partial charge in [0.05, 0.1) is 12.2 Å². The fourth-order valence-corrected chi connectivity index (χ4v) is 4.82. The summed E-state index contributed by atoms with van der Waals surface area (Å²) in [5.74, 6) is 2.54. The zero-order valence-corrected chi connectivity index (χ0v) is 17.9. The second-order valence-corrected chi connectivity index (χ2v) is 8.60. The number of carbonyl (C=O) groups is 1. The lowest BCUT2D eigenvalue weighted by atomic mass is 9.87. The highest BCUT2D eigenvalue weighted by Gasteiger charge is 2.33. The number of fused-ring (bicyclic) bond motifs is 1. The molecule has 4 nitrogen and oxygen atoms in total. The Balaban J connectivity index is 1.36. The largest absolute Gasteiger partial charge is 0.493 e. The van der Waals surface area contributed by atoms with Gasteiger partial charge >= 0.3 is 0 Å². The molecule has 0 spiro atoms. The molecule has 30 heavy (non-hydrogen) atoms. The van der Waals surface area contributed by atoms with Crippen LogP contribution in [0.1, 0.15) is 60.0 Å². The van der Waals surface area contributed by atoms with Crippen LogP contribution in [-0.2, 0) is 17.6 Å². The van der Waals surface area contributed by atoms with Gasteiger partial charge in [-0.25, -0.2) is 0 Å². The molecule has 0 saturated heterocycles. The first-order valence-corrected chi connectivity index (χ1v) is 11.2. The Hall–Kier alpha value is -2.33. The van der Waals surface area contributed by atoms with E-state index in [1.807, 2.05) is 36.4 Å². The Bertz CT molecular complexity index is 837. The van der Waals surface area contributed by atoms with Crippen LogP contribution in [0.15, 0.2) is 42.5 Å².